The summed E-state index contributed by atoms with van der Waals surface area (Å²) in [5.74, 6) is -1.86. The number of amides is 2. The Hall–Kier alpha value is -3.62. The van der Waals surface area contributed by atoms with Crippen LogP contribution in [0.15, 0.2) is 35.4 Å². The van der Waals surface area contributed by atoms with E-state index >= 15 is 0 Å². The molecular formula is C16H11N3O6. The van der Waals surface area contributed by atoms with E-state index in [1.165, 1.54) is 12.1 Å². The molecular weight excluding hydrogens is 330 g/mol. The molecule has 0 saturated heterocycles. The van der Waals surface area contributed by atoms with Crippen LogP contribution < -0.4 is 5.56 Å². The van der Waals surface area contributed by atoms with Gasteiger partial charge in [-0.15, -0.1) is 0 Å². The van der Waals surface area contributed by atoms with Crippen molar-refractivity contribution < 1.29 is 23.9 Å². The van der Waals surface area contributed by atoms with Gasteiger partial charge >= 0.3 is 0 Å². The second-order valence-corrected chi connectivity index (χ2v) is 5.13. The summed E-state index contributed by atoms with van der Waals surface area (Å²) in [6.45, 7) is -0.919. The van der Waals surface area contributed by atoms with Crippen molar-refractivity contribution in [3.05, 3.63) is 63.3 Å². The zero-order chi connectivity index (χ0) is 18.0. The van der Waals surface area contributed by atoms with E-state index in [4.69, 9.17) is 0 Å². The number of aromatic nitrogens is 2. The second-order valence-electron chi connectivity index (χ2n) is 5.13. The number of H-pyrrole nitrogens is 1. The Bertz CT molecular complexity index is 914. The molecule has 1 aliphatic heterocycles. The van der Waals surface area contributed by atoms with Crippen molar-refractivity contribution in [3.8, 4) is 0 Å². The summed E-state index contributed by atoms with van der Waals surface area (Å²) < 4.78 is 4.36. The molecule has 0 spiro atoms. The van der Waals surface area contributed by atoms with Crippen molar-refractivity contribution in [2.24, 2.45) is 0 Å². The van der Waals surface area contributed by atoms with Gasteiger partial charge in [0.25, 0.3) is 23.8 Å². The smallest absolute Gasteiger partial charge is 0.293 e. The molecule has 2 amide bonds. The Morgan fingerprint density at radius 2 is 1.80 bits per heavy atom. The molecule has 25 heavy (non-hydrogen) atoms. The second kappa shape index (κ2) is 6.48. The Morgan fingerprint density at radius 1 is 1.16 bits per heavy atom. The summed E-state index contributed by atoms with van der Waals surface area (Å²) >= 11 is 0. The normalized spacial score (nSPS) is 12.9. The Balaban J connectivity index is 1.95. The number of carbonyl (C=O) groups is 4. The number of carbonyl (C=O) groups excluding carboxylic acids is 4. The third-order valence-electron chi connectivity index (χ3n) is 3.68. The summed E-state index contributed by atoms with van der Waals surface area (Å²) in [7, 11) is 0. The van der Waals surface area contributed by atoms with Crippen molar-refractivity contribution in [3.63, 3.8) is 0 Å². The minimum Gasteiger partial charge on any atom is -0.459 e. The Labute approximate surface area is 140 Å². The maximum absolute atomic E-state index is 12.4. The van der Waals surface area contributed by atoms with Gasteiger partial charge in [-0.1, -0.05) is 12.1 Å². The summed E-state index contributed by atoms with van der Waals surface area (Å²) in [6.07, 6.45) is 1.06. The standard InChI is InChI=1S/C16H11N3O6/c20-8-25-6-12(21)13-11(17-7-18-14(13)22)5-19-15(23)9-3-1-2-4-10(9)16(19)24/h1-4,7-8H,5-6H2,(H,17,18,22). The predicted molar refractivity (Wildman–Crippen MR) is 81.9 cm³/mol. The lowest BCUT2D eigenvalue weighted by atomic mass is 10.1. The highest BCUT2D eigenvalue weighted by atomic mass is 16.5. The first-order valence-corrected chi connectivity index (χ1v) is 7.14. The quantitative estimate of drug-likeness (QED) is 0.442. The van der Waals surface area contributed by atoms with Crippen LogP contribution in [0.25, 0.3) is 0 Å². The maximum Gasteiger partial charge on any atom is 0.293 e. The lowest BCUT2D eigenvalue weighted by molar-refractivity contribution is -0.127. The number of ether oxygens (including phenoxy) is 1. The highest BCUT2D eigenvalue weighted by molar-refractivity contribution is 6.21. The van der Waals surface area contributed by atoms with E-state index in [1.54, 1.807) is 12.1 Å². The molecule has 3 rings (SSSR count). The van der Waals surface area contributed by atoms with Crippen LogP contribution in [0.4, 0.5) is 0 Å². The number of nitrogens with zero attached hydrogens (tertiary/aromatic N) is 2. The molecule has 9 nitrogen and oxygen atoms in total. The molecule has 0 unspecified atom stereocenters. The summed E-state index contributed by atoms with van der Waals surface area (Å²) in [4.78, 5) is 66.1. The molecule has 0 aliphatic carbocycles. The first-order valence-electron chi connectivity index (χ1n) is 7.14. The van der Waals surface area contributed by atoms with E-state index in [9.17, 15) is 24.0 Å². The van der Waals surface area contributed by atoms with Crippen molar-refractivity contribution in [2.75, 3.05) is 6.61 Å². The van der Waals surface area contributed by atoms with Gasteiger partial charge in [-0.3, -0.25) is 28.9 Å². The van der Waals surface area contributed by atoms with E-state index in [-0.39, 0.29) is 35.4 Å². The number of fused-ring (bicyclic) bond motifs is 1. The number of ketones is 1. The van der Waals surface area contributed by atoms with Gasteiger partial charge in [0.2, 0.25) is 5.78 Å². The number of rotatable bonds is 6. The fourth-order valence-electron chi connectivity index (χ4n) is 2.56. The molecule has 0 atom stereocenters. The molecule has 0 bridgehead atoms. The molecule has 2 aromatic rings. The van der Waals surface area contributed by atoms with Gasteiger partial charge in [0, 0.05) is 0 Å². The van der Waals surface area contributed by atoms with Gasteiger partial charge in [-0.2, -0.15) is 0 Å². The zero-order valence-electron chi connectivity index (χ0n) is 12.7. The van der Waals surface area contributed by atoms with Crippen LogP contribution >= 0.6 is 0 Å². The van der Waals surface area contributed by atoms with Crippen molar-refractivity contribution in [1.29, 1.82) is 0 Å². The van der Waals surface area contributed by atoms with E-state index in [0.717, 1.165) is 11.2 Å². The van der Waals surface area contributed by atoms with E-state index in [2.05, 4.69) is 14.7 Å². The van der Waals surface area contributed by atoms with E-state index in [0.29, 0.717) is 0 Å². The molecule has 1 aromatic carbocycles. The molecule has 0 saturated carbocycles. The van der Waals surface area contributed by atoms with Crippen LogP contribution in [0.3, 0.4) is 0 Å². The minimum absolute atomic E-state index is 0.0576. The SMILES string of the molecule is O=COCC(=O)c1c(CN2C(=O)c3ccccc3C2=O)nc[nH]c1=O. The first kappa shape index (κ1) is 16.2. The van der Waals surface area contributed by atoms with Crippen molar-refractivity contribution in [1.82, 2.24) is 14.9 Å². The Morgan fingerprint density at radius 3 is 2.40 bits per heavy atom. The number of nitrogens with one attached hydrogen (secondary N) is 1. The summed E-state index contributed by atoms with van der Waals surface area (Å²) in [6, 6.07) is 6.30. The van der Waals surface area contributed by atoms with Gasteiger partial charge in [0.15, 0.2) is 6.61 Å². The van der Waals surface area contributed by atoms with Gasteiger partial charge in [-0.05, 0) is 12.1 Å². The van der Waals surface area contributed by atoms with Gasteiger partial charge < -0.3 is 9.72 Å². The highest BCUT2D eigenvalue weighted by Crippen LogP contribution is 2.24. The molecule has 2 heterocycles. The number of Topliss-reactive ketones (excluding diaryl/α,β-unsaturated/α-hetero) is 1. The van der Waals surface area contributed by atoms with Gasteiger partial charge in [0.05, 0.1) is 29.7 Å². The Kier molecular flexibility index (Phi) is 4.21. The fraction of sp³-hybridized carbons (Fsp3) is 0.125. The molecule has 1 N–H and O–H groups in total. The first-order chi connectivity index (χ1) is 12.0. The summed E-state index contributed by atoms with van der Waals surface area (Å²) in [5, 5.41) is 0. The minimum atomic E-state index is -0.784. The third kappa shape index (κ3) is 2.82. The maximum atomic E-state index is 12.4. The van der Waals surface area contributed by atoms with Crippen LogP contribution in [0.2, 0.25) is 0 Å². The molecule has 9 heteroatoms. The molecule has 1 aromatic heterocycles. The number of hydrogen-bond acceptors (Lipinski definition) is 7. The zero-order valence-corrected chi connectivity index (χ0v) is 12.7. The van der Waals surface area contributed by atoms with E-state index < -0.39 is 29.8 Å². The molecule has 126 valence electrons. The van der Waals surface area contributed by atoms with Gasteiger partial charge in [0.1, 0.15) is 5.56 Å². The number of aromatic amines is 1. The fourth-order valence-corrected chi connectivity index (χ4v) is 2.56. The molecule has 0 fully saturated rings. The number of hydrogen-bond donors (Lipinski definition) is 1. The van der Waals surface area contributed by atoms with Crippen molar-refractivity contribution >= 4 is 24.1 Å². The topological polar surface area (TPSA) is 126 Å². The number of imide groups is 1. The van der Waals surface area contributed by atoms with Crippen LogP contribution in [0.5, 0.6) is 0 Å². The lowest BCUT2D eigenvalue weighted by Gasteiger charge is -2.14. The van der Waals surface area contributed by atoms with E-state index in [1.807, 2.05) is 0 Å². The lowest BCUT2D eigenvalue weighted by Crippen LogP contribution is -2.33. The van der Waals surface area contributed by atoms with Gasteiger partial charge in [-0.25, -0.2) is 4.98 Å². The monoisotopic (exact) mass is 341 g/mol. The van der Waals surface area contributed by atoms with Crippen LogP contribution in [0, 0.1) is 0 Å². The van der Waals surface area contributed by atoms with Crippen LogP contribution in [-0.2, 0) is 16.1 Å². The number of benzene rings is 1. The summed E-state index contributed by atoms with van der Waals surface area (Å²) in [5.41, 5.74) is -0.677. The van der Waals surface area contributed by atoms with Crippen LogP contribution in [0.1, 0.15) is 36.8 Å². The molecule has 1 aliphatic rings. The molecule has 0 radical (unpaired) electrons. The predicted octanol–water partition coefficient (Wildman–Crippen LogP) is -0.0782. The average Bonchev–Trinajstić information content (AvgIpc) is 2.85. The van der Waals surface area contributed by atoms with Crippen molar-refractivity contribution in [2.45, 2.75) is 6.54 Å². The average molecular weight is 341 g/mol. The third-order valence-corrected chi connectivity index (χ3v) is 3.68. The largest absolute Gasteiger partial charge is 0.459 e. The highest BCUT2D eigenvalue weighted by Gasteiger charge is 2.36. The van der Waals surface area contributed by atoms with Crippen LogP contribution in [-0.4, -0.2) is 45.5 Å².